The topological polar surface area (TPSA) is 64.3 Å². The molecule has 0 radical (unpaired) electrons. The number of pyridine rings is 1. The molecule has 0 aromatic carbocycles. The van der Waals surface area contributed by atoms with Gasteiger partial charge in [0.2, 0.25) is 5.89 Å². The van der Waals surface area contributed by atoms with Crippen molar-refractivity contribution in [2.45, 2.75) is 57.9 Å². The van der Waals surface area contributed by atoms with E-state index in [2.05, 4.69) is 39.1 Å². The van der Waals surface area contributed by atoms with E-state index in [1.54, 1.807) is 0 Å². The number of piperidine rings is 1. The highest BCUT2D eigenvalue weighted by molar-refractivity contribution is 5.12. The molecule has 4 heterocycles. The number of hydrogen-bond donors (Lipinski definition) is 0. The summed E-state index contributed by atoms with van der Waals surface area (Å²) in [5.74, 6) is 2.86. The van der Waals surface area contributed by atoms with Crippen molar-refractivity contribution in [3.8, 4) is 0 Å². The predicted molar refractivity (Wildman–Crippen MR) is 102 cm³/mol. The Morgan fingerprint density at radius 2 is 1.93 bits per heavy atom. The van der Waals surface area contributed by atoms with E-state index >= 15 is 0 Å². The second-order valence-electron chi connectivity index (χ2n) is 8.02. The smallest absolute Gasteiger partial charge is 0.226 e. The van der Waals surface area contributed by atoms with E-state index in [0.29, 0.717) is 5.92 Å². The van der Waals surface area contributed by atoms with E-state index in [4.69, 9.17) is 9.26 Å². The van der Waals surface area contributed by atoms with E-state index in [1.807, 2.05) is 6.20 Å². The molecule has 0 atom stereocenters. The SMILES string of the molecule is Cc1ccc(CN2CCC(CCc3nc(C4CCOCC4)no3)CC2)nc1. The van der Waals surface area contributed by atoms with Crippen molar-refractivity contribution in [3.05, 3.63) is 41.3 Å². The summed E-state index contributed by atoms with van der Waals surface area (Å²) in [6, 6.07) is 4.29. The molecule has 0 aliphatic carbocycles. The molecule has 0 unspecified atom stereocenters. The van der Waals surface area contributed by atoms with E-state index in [9.17, 15) is 0 Å². The van der Waals surface area contributed by atoms with Crippen LogP contribution in [0.2, 0.25) is 0 Å². The van der Waals surface area contributed by atoms with E-state index in [-0.39, 0.29) is 0 Å². The quantitative estimate of drug-likeness (QED) is 0.775. The Labute approximate surface area is 161 Å². The lowest BCUT2D eigenvalue weighted by atomic mass is 9.92. The fraction of sp³-hybridized carbons (Fsp3) is 0.667. The van der Waals surface area contributed by atoms with E-state index in [1.165, 1.54) is 24.1 Å². The Morgan fingerprint density at radius 3 is 2.67 bits per heavy atom. The maximum Gasteiger partial charge on any atom is 0.226 e. The number of ether oxygens (including phenoxy) is 1. The summed E-state index contributed by atoms with van der Waals surface area (Å²) in [5.41, 5.74) is 2.39. The van der Waals surface area contributed by atoms with Crippen LogP contribution in [0.1, 0.15) is 61.0 Å². The van der Waals surface area contributed by atoms with Crippen molar-refractivity contribution < 1.29 is 9.26 Å². The van der Waals surface area contributed by atoms with Crippen molar-refractivity contribution in [1.29, 1.82) is 0 Å². The van der Waals surface area contributed by atoms with Gasteiger partial charge in [0.15, 0.2) is 5.82 Å². The first-order valence-electron chi connectivity index (χ1n) is 10.3. The molecule has 0 amide bonds. The Morgan fingerprint density at radius 1 is 1.11 bits per heavy atom. The summed E-state index contributed by atoms with van der Waals surface area (Å²) in [7, 11) is 0. The Balaban J connectivity index is 1.19. The van der Waals surface area contributed by atoms with Crippen LogP contribution in [-0.4, -0.2) is 46.3 Å². The third-order valence-electron chi connectivity index (χ3n) is 5.90. The van der Waals surface area contributed by atoms with Gasteiger partial charge in [-0.2, -0.15) is 4.98 Å². The molecule has 0 N–H and O–H groups in total. The van der Waals surface area contributed by atoms with Crippen molar-refractivity contribution in [1.82, 2.24) is 20.0 Å². The number of rotatable bonds is 6. The molecule has 0 bridgehead atoms. The Kier molecular flexibility index (Phi) is 6.14. The van der Waals surface area contributed by atoms with Crippen LogP contribution in [0.3, 0.4) is 0 Å². The summed E-state index contributed by atoms with van der Waals surface area (Å²) in [6.45, 7) is 6.97. The van der Waals surface area contributed by atoms with Gasteiger partial charge in [-0.05, 0) is 69.7 Å². The first-order valence-corrected chi connectivity index (χ1v) is 10.3. The van der Waals surface area contributed by atoms with Crippen molar-refractivity contribution in [3.63, 3.8) is 0 Å². The average Bonchev–Trinajstić information content (AvgIpc) is 3.19. The number of hydrogen-bond acceptors (Lipinski definition) is 6. The molecular formula is C21H30N4O2. The van der Waals surface area contributed by atoms with Gasteiger partial charge in [-0.25, -0.2) is 0 Å². The second kappa shape index (κ2) is 8.93. The van der Waals surface area contributed by atoms with Crippen LogP contribution >= 0.6 is 0 Å². The zero-order chi connectivity index (χ0) is 18.5. The van der Waals surface area contributed by atoms with Gasteiger partial charge >= 0.3 is 0 Å². The van der Waals surface area contributed by atoms with Gasteiger partial charge in [-0.3, -0.25) is 9.88 Å². The average molecular weight is 370 g/mol. The highest BCUT2D eigenvalue weighted by Crippen LogP contribution is 2.26. The van der Waals surface area contributed by atoms with Gasteiger partial charge in [0.25, 0.3) is 0 Å². The molecule has 2 fully saturated rings. The molecule has 4 rings (SSSR count). The third kappa shape index (κ3) is 5.14. The lowest BCUT2D eigenvalue weighted by molar-refractivity contribution is 0.0830. The Bertz CT molecular complexity index is 701. The van der Waals surface area contributed by atoms with E-state index in [0.717, 1.165) is 76.2 Å². The zero-order valence-electron chi connectivity index (χ0n) is 16.3. The lowest BCUT2D eigenvalue weighted by Gasteiger charge is -2.31. The van der Waals surface area contributed by atoms with Gasteiger partial charge in [-0.1, -0.05) is 11.2 Å². The number of nitrogens with zero attached hydrogens (tertiary/aromatic N) is 4. The number of aromatic nitrogens is 3. The van der Waals surface area contributed by atoms with Crippen LogP contribution in [0.5, 0.6) is 0 Å². The van der Waals surface area contributed by atoms with Crippen LogP contribution in [0, 0.1) is 12.8 Å². The molecule has 0 saturated carbocycles. The number of likely N-dealkylation sites (tertiary alicyclic amines) is 1. The van der Waals surface area contributed by atoms with Crippen LogP contribution in [0.25, 0.3) is 0 Å². The molecule has 2 aromatic heterocycles. The van der Waals surface area contributed by atoms with Crippen LogP contribution in [0.15, 0.2) is 22.9 Å². The summed E-state index contributed by atoms with van der Waals surface area (Å²) in [5, 5.41) is 4.21. The lowest BCUT2D eigenvalue weighted by Crippen LogP contribution is -2.33. The fourth-order valence-corrected chi connectivity index (χ4v) is 4.07. The maximum atomic E-state index is 5.50. The normalized spacial score (nSPS) is 20.2. The molecule has 2 aromatic rings. The van der Waals surface area contributed by atoms with Gasteiger partial charge in [0, 0.05) is 38.3 Å². The van der Waals surface area contributed by atoms with Crippen LogP contribution in [-0.2, 0) is 17.7 Å². The summed E-state index contributed by atoms with van der Waals surface area (Å²) < 4.78 is 10.9. The molecule has 2 aliphatic heterocycles. The molecule has 2 aliphatic rings. The highest BCUT2D eigenvalue weighted by atomic mass is 16.5. The van der Waals surface area contributed by atoms with Crippen LogP contribution < -0.4 is 0 Å². The molecule has 6 nitrogen and oxygen atoms in total. The molecular weight excluding hydrogens is 340 g/mol. The fourth-order valence-electron chi connectivity index (χ4n) is 4.07. The minimum Gasteiger partial charge on any atom is -0.381 e. The van der Waals surface area contributed by atoms with Crippen molar-refractivity contribution in [2.75, 3.05) is 26.3 Å². The standard InChI is InChI=1S/C21H30N4O2/c1-16-2-4-19(22-14-16)15-25-10-6-17(7-11-25)3-5-20-23-21(24-27-20)18-8-12-26-13-9-18/h2,4,14,17-18H,3,5-13,15H2,1H3. The summed E-state index contributed by atoms with van der Waals surface area (Å²) in [4.78, 5) is 11.7. The molecule has 146 valence electrons. The maximum absolute atomic E-state index is 5.50. The van der Waals surface area contributed by atoms with Gasteiger partial charge < -0.3 is 9.26 Å². The summed E-state index contributed by atoms with van der Waals surface area (Å²) in [6.07, 6.45) is 8.51. The Hall–Kier alpha value is -1.79. The minimum atomic E-state index is 0.412. The summed E-state index contributed by atoms with van der Waals surface area (Å²) >= 11 is 0. The molecule has 6 heteroatoms. The first kappa shape index (κ1) is 18.6. The zero-order valence-corrected chi connectivity index (χ0v) is 16.3. The number of aryl methyl sites for hydroxylation is 2. The van der Waals surface area contributed by atoms with Crippen molar-refractivity contribution in [2.24, 2.45) is 5.92 Å². The molecule has 2 saturated heterocycles. The third-order valence-corrected chi connectivity index (χ3v) is 5.90. The molecule has 27 heavy (non-hydrogen) atoms. The first-order chi connectivity index (χ1) is 13.3. The second-order valence-corrected chi connectivity index (χ2v) is 8.02. The van der Waals surface area contributed by atoms with Gasteiger partial charge in [0.1, 0.15) is 0 Å². The largest absolute Gasteiger partial charge is 0.381 e. The monoisotopic (exact) mass is 370 g/mol. The van der Waals surface area contributed by atoms with Crippen LogP contribution in [0.4, 0.5) is 0 Å². The van der Waals surface area contributed by atoms with E-state index < -0.39 is 0 Å². The van der Waals surface area contributed by atoms with Gasteiger partial charge in [-0.15, -0.1) is 0 Å². The highest BCUT2D eigenvalue weighted by Gasteiger charge is 2.23. The van der Waals surface area contributed by atoms with Crippen molar-refractivity contribution >= 4 is 0 Å². The molecule has 0 spiro atoms. The predicted octanol–water partition coefficient (Wildman–Crippen LogP) is 3.51. The van der Waals surface area contributed by atoms with Gasteiger partial charge in [0.05, 0.1) is 5.69 Å². The minimum absolute atomic E-state index is 0.412.